The molecule has 1 aliphatic heterocycles. The van der Waals surface area contributed by atoms with Crippen LogP contribution in [-0.4, -0.2) is 41.0 Å². The molecule has 0 aromatic carbocycles. The van der Waals surface area contributed by atoms with E-state index in [2.05, 4.69) is 21.2 Å². The van der Waals surface area contributed by atoms with Gasteiger partial charge in [0.25, 0.3) is 5.91 Å². The van der Waals surface area contributed by atoms with Crippen molar-refractivity contribution in [3.05, 3.63) is 0 Å². The highest BCUT2D eigenvalue weighted by atomic mass is 79.9. The molecule has 1 N–H and O–H groups in total. The first-order chi connectivity index (χ1) is 5.88. The number of imide groups is 1. The van der Waals surface area contributed by atoms with Crippen LogP contribution in [0.5, 0.6) is 0 Å². The summed E-state index contributed by atoms with van der Waals surface area (Å²) in [6, 6.07) is 0. The van der Waals surface area contributed by atoms with Crippen LogP contribution in [0.3, 0.4) is 0 Å². The molecule has 1 rings (SSSR count). The number of carbonyl (C=O) groups is 3. The lowest BCUT2D eigenvalue weighted by Crippen LogP contribution is -2.46. The molecule has 1 aliphatic rings. The maximum Gasteiger partial charge on any atom is 0.253 e. The Hall–Kier alpha value is -0.910. The number of amides is 3. The van der Waals surface area contributed by atoms with Gasteiger partial charge in [-0.15, -0.1) is 0 Å². The maximum atomic E-state index is 11.5. The standard InChI is InChI=1S/C7H9BrN2O3/c1-10(2)6(13)7(8)3-4(11)9-5(7)12/h3H2,1-2H3,(H,9,11,12). The average molecular weight is 249 g/mol. The molecule has 1 atom stereocenters. The minimum absolute atomic E-state index is 0.136. The third-order valence-corrected chi connectivity index (χ3v) is 2.74. The Balaban J connectivity index is 2.94. The van der Waals surface area contributed by atoms with Crippen molar-refractivity contribution in [2.45, 2.75) is 10.7 Å². The van der Waals surface area contributed by atoms with Crippen LogP contribution in [0.15, 0.2) is 0 Å². The Kier molecular flexibility index (Phi) is 2.42. The summed E-state index contributed by atoms with van der Waals surface area (Å²) < 4.78 is -1.40. The topological polar surface area (TPSA) is 66.5 Å². The molecule has 0 aromatic heterocycles. The van der Waals surface area contributed by atoms with Crippen molar-refractivity contribution in [2.24, 2.45) is 0 Å². The minimum Gasteiger partial charge on any atom is -0.347 e. The molecule has 13 heavy (non-hydrogen) atoms. The molecule has 1 unspecified atom stereocenters. The number of halogens is 1. The van der Waals surface area contributed by atoms with Crippen LogP contribution < -0.4 is 5.32 Å². The number of rotatable bonds is 1. The lowest BCUT2D eigenvalue weighted by atomic mass is 10.1. The summed E-state index contributed by atoms with van der Waals surface area (Å²) in [6.45, 7) is 0. The SMILES string of the molecule is CN(C)C(=O)C1(Br)CC(=O)NC1=O. The zero-order valence-corrected chi connectivity index (χ0v) is 8.84. The number of hydrogen-bond acceptors (Lipinski definition) is 3. The zero-order chi connectivity index (χ0) is 10.2. The number of nitrogens with one attached hydrogen (secondary N) is 1. The van der Waals surface area contributed by atoms with Crippen molar-refractivity contribution in [3.63, 3.8) is 0 Å². The molecule has 0 bridgehead atoms. The molecule has 0 radical (unpaired) electrons. The fourth-order valence-electron chi connectivity index (χ4n) is 1.10. The predicted molar refractivity (Wildman–Crippen MR) is 48.1 cm³/mol. The first kappa shape index (κ1) is 10.2. The van der Waals surface area contributed by atoms with E-state index in [1.165, 1.54) is 19.0 Å². The van der Waals surface area contributed by atoms with Crippen molar-refractivity contribution in [2.75, 3.05) is 14.1 Å². The van der Waals surface area contributed by atoms with Crippen LogP contribution in [-0.2, 0) is 14.4 Å². The van der Waals surface area contributed by atoms with Crippen molar-refractivity contribution in [3.8, 4) is 0 Å². The van der Waals surface area contributed by atoms with Crippen molar-refractivity contribution >= 4 is 33.7 Å². The molecule has 72 valence electrons. The lowest BCUT2D eigenvalue weighted by molar-refractivity contribution is -0.136. The molecule has 0 aliphatic carbocycles. The van der Waals surface area contributed by atoms with Crippen LogP contribution >= 0.6 is 15.9 Å². The lowest BCUT2D eigenvalue weighted by Gasteiger charge is -2.20. The predicted octanol–water partition coefficient (Wildman–Crippen LogP) is -0.745. The number of carbonyl (C=O) groups excluding carboxylic acids is 3. The van der Waals surface area contributed by atoms with E-state index in [1.807, 2.05) is 0 Å². The molecule has 0 aromatic rings. The Bertz CT molecular complexity index is 289. The van der Waals surface area contributed by atoms with Crippen molar-refractivity contribution in [1.29, 1.82) is 0 Å². The van der Waals surface area contributed by atoms with Gasteiger partial charge in [-0.25, -0.2) is 0 Å². The van der Waals surface area contributed by atoms with Gasteiger partial charge >= 0.3 is 0 Å². The first-order valence-corrected chi connectivity index (χ1v) is 4.42. The quantitative estimate of drug-likeness (QED) is 0.378. The van der Waals surface area contributed by atoms with Gasteiger partial charge < -0.3 is 4.90 Å². The number of nitrogens with zero attached hydrogens (tertiary/aromatic N) is 1. The zero-order valence-electron chi connectivity index (χ0n) is 7.26. The third-order valence-electron chi connectivity index (χ3n) is 1.76. The summed E-state index contributed by atoms with van der Waals surface area (Å²) in [4.78, 5) is 34.8. The van der Waals surface area contributed by atoms with Gasteiger partial charge in [-0.1, -0.05) is 15.9 Å². The summed E-state index contributed by atoms with van der Waals surface area (Å²) in [5.41, 5.74) is 0. The van der Waals surface area contributed by atoms with E-state index in [-0.39, 0.29) is 6.42 Å². The van der Waals surface area contributed by atoms with E-state index < -0.39 is 22.0 Å². The highest BCUT2D eigenvalue weighted by Gasteiger charge is 2.51. The third kappa shape index (κ3) is 1.58. The van der Waals surface area contributed by atoms with Gasteiger partial charge in [0.1, 0.15) is 0 Å². The smallest absolute Gasteiger partial charge is 0.253 e. The molecular weight excluding hydrogens is 240 g/mol. The summed E-state index contributed by atoms with van der Waals surface area (Å²) in [5.74, 6) is -1.44. The molecule has 0 spiro atoms. The Morgan fingerprint density at radius 3 is 2.38 bits per heavy atom. The van der Waals surface area contributed by atoms with Crippen molar-refractivity contribution < 1.29 is 14.4 Å². The van der Waals surface area contributed by atoms with Crippen LogP contribution in [0.25, 0.3) is 0 Å². The molecular formula is C7H9BrN2O3. The highest BCUT2D eigenvalue weighted by Crippen LogP contribution is 2.29. The summed E-state index contributed by atoms with van der Waals surface area (Å²) >= 11 is 2.99. The normalized spacial score (nSPS) is 27.3. The second-order valence-corrected chi connectivity index (χ2v) is 4.41. The van der Waals surface area contributed by atoms with Crippen LogP contribution in [0.1, 0.15) is 6.42 Å². The van der Waals surface area contributed by atoms with Crippen LogP contribution in [0, 0.1) is 0 Å². The molecule has 5 nitrogen and oxygen atoms in total. The van der Waals surface area contributed by atoms with E-state index >= 15 is 0 Å². The van der Waals surface area contributed by atoms with Gasteiger partial charge in [-0.2, -0.15) is 0 Å². The van der Waals surface area contributed by atoms with E-state index in [4.69, 9.17) is 0 Å². The second-order valence-electron chi connectivity index (χ2n) is 3.05. The van der Waals surface area contributed by atoms with E-state index in [9.17, 15) is 14.4 Å². The number of hydrogen-bond donors (Lipinski definition) is 1. The van der Waals surface area contributed by atoms with Gasteiger partial charge in [0.05, 0.1) is 6.42 Å². The maximum absolute atomic E-state index is 11.5. The van der Waals surface area contributed by atoms with Gasteiger partial charge in [0, 0.05) is 14.1 Å². The fraction of sp³-hybridized carbons (Fsp3) is 0.571. The molecule has 1 fully saturated rings. The van der Waals surface area contributed by atoms with E-state index in [0.717, 1.165) is 0 Å². The minimum atomic E-state index is -1.40. The molecule has 3 amide bonds. The van der Waals surface area contributed by atoms with Crippen molar-refractivity contribution in [1.82, 2.24) is 10.2 Å². The van der Waals surface area contributed by atoms with Gasteiger partial charge in [0.15, 0.2) is 4.32 Å². The molecule has 0 saturated carbocycles. The van der Waals surface area contributed by atoms with Gasteiger partial charge in [-0.05, 0) is 0 Å². The Morgan fingerprint density at radius 1 is 1.54 bits per heavy atom. The molecule has 1 saturated heterocycles. The van der Waals surface area contributed by atoms with Gasteiger partial charge in [-0.3, -0.25) is 19.7 Å². The Labute approximate surface area is 83.6 Å². The first-order valence-electron chi connectivity index (χ1n) is 3.63. The number of alkyl halides is 1. The fourth-order valence-corrected chi connectivity index (χ4v) is 1.81. The largest absolute Gasteiger partial charge is 0.347 e. The summed E-state index contributed by atoms with van der Waals surface area (Å²) in [7, 11) is 3.06. The van der Waals surface area contributed by atoms with Crippen LogP contribution in [0.4, 0.5) is 0 Å². The van der Waals surface area contributed by atoms with Gasteiger partial charge in [0.2, 0.25) is 11.8 Å². The molecule has 6 heteroatoms. The van der Waals surface area contributed by atoms with Crippen LogP contribution in [0.2, 0.25) is 0 Å². The summed E-state index contributed by atoms with van der Waals surface area (Å²) in [6.07, 6.45) is -0.136. The van der Waals surface area contributed by atoms with E-state index in [1.54, 1.807) is 0 Å². The Morgan fingerprint density at radius 2 is 2.08 bits per heavy atom. The van der Waals surface area contributed by atoms with E-state index in [0.29, 0.717) is 0 Å². The highest BCUT2D eigenvalue weighted by molar-refractivity contribution is 9.10. The average Bonchev–Trinajstić information content (AvgIpc) is 2.25. The molecule has 1 heterocycles. The second kappa shape index (κ2) is 3.10. The monoisotopic (exact) mass is 248 g/mol. The summed E-state index contributed by atoms with van der Waals surface area (Å²) in [5, 5.41) is 2.07.